The summed E-state index contributed by atoms with van der Waals surface area (Å²) in [7, 11) is -4.54. The average molecular weight is 799 g/mol. The van der Waals surface area contributed by atoms with E-state index in [1.807, 2.05) is 12.2 Å². The molecule has 4 heterocycles. The van der Waals surface area contributed by atoms with Crippen LogP contribution in [0.3, 0.4) is 0 Å². The first-order valence-electron chi connectivity index (χ1n) is 19.5. The van der Waals surface area contributed by atoms with E-state index in [4.69, 9.17) is 9.84 Å². The van der Waals surface area contributed by atoms with Gasteiger partial charge < -0.3 is 19.3 Å². The lowest BCUT2D eigenvalue weighted by Gasteiger charge is -2.40. The summed E-state index contributed by atoms with van der Waals surface area (Å²) < 4.78 is 103. The van der Waals surface area contributed by atoms with E-state index >= 15 is 8.78 Å². The number of nitrogens with zero attached hydrogens (tertiary/aromatic N) is 2. The normalized spacial score (nSPS) is 20.1. The van der Waals surface area contributed by atoms with Gasteiger partial charge in [0, 0.05) is 60.0 Å². The Morgan fingerprint density at radius 2 is 1.70 bits per heavy atom. The first-order chi connectivity index (χ1) is 26.4. The van der Waals surface area contributed by atoms with Gasteiger partial charge in [0.1, 0.15) is 18.1 Å². The molecule has 0 aliphatic carbocycles. The Bertz CT molecular complexity index is 2180. The third-order valence-corrected chi connectivity index (χ3v) is 12.1. The lowest BCUT2D eigenvalue weighted by atomic mass is 9.75. The lowest BCUT2D eigenvalue weighted by molar-refractivity contribution is -0.441. The van der Waals surface area contributed by atoms with Crippen LogP contribution >= 0.6 is 0 Å². The van der Waals surface area contributed by atoms with Crippen molar-refractivity contribution in [3.63, 3.8) is 0 Å². The smallest absolute Gasteiger partial charge is 0.303 e. The van der Waals surface area contributed by atoms with E-state index in [1.54, 1.807) is 25.2 Å². The summed E-state index contributed by atoms with van der Waals surface area (Å²) in [5.74, 6) is -6.89. The van der Waals surface area contributed by atoms with Crippen molar-refractivity contribution >= 4 is 38.7 Å². The predicted molar refractivity (Wildman–Crippen MR) is 208 cm³/mol. The number of rotatable bonds is 14. The second-order valence-corrected chi connectivity index (χ2v) is 18.0. The quantitative estimate of drug-likeness (QED) is 0.0386. The Morgan fingerprint density at radius 3 is 2.39 bits per heavy atom. The van der Waals surface area contributed by atoms with Crippen molar-refractivity contribution in [3.8, 4) is 5.75 Å². The summed E-state index contributed by atoms with van der Waals surface area (Å²) >= 11 is 0. The average Bonchev–Trinajstić information content (AvgIpc) is 3.37. The highest BCUT2D eigenvalue weighted by atomic mass is 32.2. The topological polar surface area (TPSA) is 110 Å². The van der Waals surface area contributed by atoms with Gasteiger partial charge in [-0.2, -0.15) is 8.97 Å². The highest BCUT2D eigenvalue weighted by Crippen LogP contribution is 2.50. The van der Waals surface area contributed by atoms with Gasteiger partial charge in [0.15, 0.2) is 17.3 Å². The van der Waals surface area contributed by atoms with Crippen LogP contribution in [0.5, 0.6) is 5.75 Å². The number of halogens is 4. The molecule has 0 spiro atoms. The molecule has 302 valence electrons. The van der Waals surface area contributed by atoms with Crippen molar-refractivity contribution in [3.05, 3.63) is 93.8 Å². The number of unbranched alkanes of at least 4 members (excludes halogenated alkanes) is 3. The molecule has 8 nitrogen and oxygen atoms in total. The molecule has 0 amide bonds. The fourth-order valence-electron chi connectivity index (χ4n) is 8.56. The number of carbonyl (C=O) groups is 1. The fraction of sp³-hybridized carbons (Fsp3) is 0.488. The lowest BCUT2D eigenvalue weighted by Crippen LogP contribution is -2.35. The van der Waals surface area contributed by atoms with Gasteiger partial charge in [0.2, 0.25) is 11.6 Å². The highest BCUT2D eigenvalue weighted by molar-refractivity contribution is 7.85. The van der Waals surface area contributed by atoms with Gasteiger partial charge in [0.05, 0.1) is 21.1 Å². The zero-order valence-electron chi connectivity index (χ0n) is 32.5. The zero-order valence-corrected chi connectivity index (χ0v) is 33.3. The number of allylic oxidation sites excluding steroid dienone is 8. The number of carboxylic acids is 1. The number of hydrogen-bond acceptors (Lipinski definition) is 6. The minimum absolute atomic E-state index is 0.00114. The minimum Gasteiger partial charge on any atom is -0.748 e. The van der Waals surface area contributed by atoms with Crippen molar-refractivity contribution < 1.29 is 49.7 Å². The molecule has 56 heavy (non-hydrogen) atoms. The number of anilines is 1. The maximum Gasteiger partial charge on any atom is 0.303 e. The van der Waals surface area contributed by atoms with Gasteiger partial charge in [-0.1, -0.05) is 51.5 Å². The summed E-state index contributed by atoms with van der Waals surface area (Å²) in [6.07, 6.45) is 16.1. The van der Waals surface area contributed by atoms with Crippen LogP contribution in [0.2, 0.25) is 0 Å². The van der Waals surface area contributed by atoms with E-state index in [0.717, 1.165) is 61.4 Å². The monoisotopic (exact) mass is 798 g/mol. The molecule has 2 aromatic carbocycles. The summed E-state index contributed by atoms with van der Waals surface area (Å²) in [4.78, 5) is 13.6. The summed E-state index contributed by atoms with van der Waals surface area (Å²) in [5.41, 5.74) is 3.63. The molecule has 0 aromatic heterocycles. The van der Waals surface area contributed by atoms with Crippen molar-refractivity contribution in [2.45, 2.75) is 104 Å². The van der Waals surface area contributed by atoms with Gasteiger partial charge in [-0.05, 0) is 81.6 Å². The first-order valence-corrected chi connectivity index (χ1v) is 21.1. The Kier molecular flexibility index (Phi) is 12.1. The van der Waals surface area contributed by atoms with Crippen LogP contribution < -0.4 is 9.64 Å². The summed E-state index contributed by atoms with van der Waals surface area (Å²) in [6.45, 7) is 10.00. The molecule has 4 aliphatic rings. The van der Waals surface area contributed by atoms with Crippen LogP contribution in [0, 0.1) is 28.7 Å². The zero-order chi connectivity index (χ0) is 40.6. The third-order valence-electron chi connectivity index (χ3n) is 11.3. The summed E-state index contributed by atoms with van der Waals surface area (Å²) in [6, 6.07) is 2.24. The van der Waals surface area contributed by atoms with Crippen LogP contribution in [0.4, 0.5) is 28.9 Å². The second kappa shape index (κ2) is 16.3. The van der Waals surface area contributed by atoms with Crippen molar-refractivity contribution in [2.75, 3.05) is 30.3 Å². The van der Waals surface area contributed by atoms with E-state index < -0.39 is 56.2 Å². The molecule has 0 saturated heterocycles. The Morgan fingerprint density at radius 1 is 0.982 bits per heavy atom. The summed E-state index contributed by atoms with van der Waals surface area (Å²) in [5, 5.41) is 9.07. The van der Waals surface area contributed by atoms with Crippen LogP contribution in [0.15, 0.2) is 48.3 Å². The van der Waals surface area contributed by atoms with E-state index in [1.165, 1.54) is 21.4 Å². The number of aliphatic carboxylic acids is 1. The Hall–Kier alpha value is -4.23. The molecular weight excluding hydrogens is 749 g/mol. The van der Waals surface area contributed by atoms with E-state index in [2.05, 4.69) is 37.8 Å². The van der Waals surface area contributed by atoms with Crippen molar-refractivity contribution in [1.82, 2.24) is 0 Å². The standard InChI is InChI=1S/C43H50F4N2O6S/c1-42(2,3)32-26-27(30-25-28-16-13-21-48-22-14-17-29(39(28)48)41(30)55-32)15-7-5-8-18-31-43(4,20-10-12-24-56(52,53)54)34-35(44)36(45)37(46)38(47)40(34)49(31)23-11-6-9-19-33(50)51/h5,7-8,15,18,25-26H,6,9-14,16-17,19-24H2,1-4H3,(H-,50,51,52,53,54). The second-order valence-electron chi connectivity index (χ2n) is 16.4. The maximum atomic E-state index is 15.8. The van der Waals surface area contributed by atoms with Crippen molar-refractivity contribution in [2.24, 2.45) is 5.41 Å². The number of carboxylic acid groups (broad SMARTS) is 1. The van der Waals surface area contributed by atoms with Gasteiger partial charge in [-0.3, -0.25) is 4.79 Å². The van der Waals surface area contributed by atoms with Gasteiger partial charge >= 0.3 is 5.97 Å². The molecule has 0 saturated carbocycles. The maximum absolute atomic E-state index is 15.8. The van der Waals surface area contributed by atoms with Crippen molar-refractivity contribution in [1.29, 1.82) is 0 Å². The largest absolute Gasteiger partial charge is 0.748 e. The van der Waals surface area contributed by atoms with Crippen LogP contribution in [0.25, 0.3) is 5.57 Å². The molecule has 1 N–H and O–H groups in total. The Labute approximate surface area is 326 Å². The first kappa shape index (κ1) is 41.4. The Balaban J connectivity index is 1.39. The van der Waals surface area contributed by atoms with E-state index in [0.29, 0.717) is 25.0 Å². The number of benzene rings is 2. The molecule has 1 unspecified atom stereocenters. The van der Waals surface area contributed by atoms with Gasteiger partial charge in [0.25, 0.3) is 5.69 Å². The highest BCUT2D eigenvalue weighted by Gasteiger charge is 2.53. The number of aryl methyl sites for hydroxylation is 1. The van der Waals surface area contributed by atoms with E-state index in [9.17, 15) is 26.5 Å². The molecule has 13 heteroatoms. The molecule has 0 bridgehead atoms. The molecular formula is C43H50F4N2O6S. The molecule has 4 aliphatic heterocycles. The van der Waals surface area contributed by atoms with Gasteiger partial charge in [-0.25, -0.2) is 21.6 Å². The van der Waals surface area contributed by atoms with Crippen LogP contribution in [-0.2, 0) is 33.2 Å². The minimum atomic E-state index is -4.54. The third kappa shape index (κ3) is 8.39. The van der Waals surface area contributed by atoms with Crippen LogP contribution in [0.1, 0.15) is 108 Å². The van der Waals surface area contributed by atoms with E-state index in [-0.39, 0.29) is 43.2 Å². The molecule has 0 fully saturated rings. The molecule has 1 atom stereocenters. The number of ether oxygens (including phenoxy) is 1. The van der Waals surface area contributed by atoms with Gasteiger partial charge in [-0.15, -0.1) is 0 Å². The number of fused-ring (bicyclic) bond motifs is 3. The molecule has 2 aromatic rings. The SMILES string of the molecule is CC(C)(C)C1=C\C(=C/C=C/C=C/C2=[N+](CCCCCC(=O)O)c3c(F)c(F)c(F)c(F)c3C2(C)CCCCS(=O)(=O)[O-])c2cc3c4c(c2O1)CCCN4CCC3. The van der Waals surface area contributed by atoms with Crippen LogP contribution in [-0.4, -0.2) is 59.7 Å². The molecule has 0 radical (unpaired) electrons. The molecule has 6 rings (SSSR count). The predicted octanol–water partition coefficient (Wildman–Crippen LogP) is 9.18. The number of hydrogen-bond donors (Lipinski definition) is 1. The fourth-order valence-corrected chi connectivity index (χ4v) is 9.12.